The van der Waals surface area contributed by atoms with E-state index in [1.807, 2.05) is 23.6 Å². The topological polar surface area (TPSA) is 143 Å². The molecule has 0 aromatic carbocycles. The summed E-state index contributed by atoms with van der Waals surface area (Å²) < 4.78 is 32.9. The van der Waals surface area contributed by atoms with Gasteiger partial charge in [0.15, 0.2) is 5.76 Å². The molecule has 1 aliphatic rings. The number of carbonyl (C=O) groups is 2. The Morgan fingerprint density at radius 1 is 1.11 bits per heavy atom. The molecule has 2 atom stereocenters. The molecular formula is C24H20F2N6O4S. The zero-order valence-corrected chi connectivity index (χ0v) is 20.3. The number of nitrogens with zero attached hydrogens (tertiary/aromatic N) is 4. The van der Waals surface area contributed by atoms with Crippen molar-refractivity contribution in [2.24, 2.45) is 11.8 Å². The second kappa shape index (κ2) is 9.32. The van der Waals surface area contributed by atoms with Gasteiger partial charge in [0.2, 0.25) is 11.9 Å². The molecule has 3 N–H and O–H groups in total. The van der Waals surface area contributed by atoms with Gasteiger partial charge < -0.3 is 20.3 Å². The third-order valence-electron chi connectivity index (χ3n) is 6.02. The first-order valence-electron chi connectivity index (χ1n) is 11.1. The van der Waals surface area contributed by atoms with E-state index < -0.39 is 29.6 Å². The summed E-state index contributed by atoms with van der Waals surface area (Å²) in [4.78, 5) is 37.5. The van der Waals surface area contributed by atoms with Crippen LogP contribution < -0.4 is 10.6 Å². The first-order valence-corrected chi connectivity index (χ1v) is 12.0. The monoisotopic (exact) mass is 526 g/mol. The highest BCUT2D eigenvalue weighted by molar-refractivity contribution is 7.13. The number of halogens is 2. The lowest BCUT2D eigenvalue weighted by molar-refractivity contribution is -0.141. The zero-order valence-electron chi connectivity index (χ0n) is 19.5. The van der Waals surface area contributed by atoms with Crippen LogP contribution in [0.5, 0.6) is 0 Å². The highest BCUT2D eigenvalue weighted by Gasteiger charge is 2.76. The molecule has 0 saturated heterocycles. The maximum atomic E-state index is 13.7. The van der Waals surface area contributed by atoms with E-state index in [0.717, 1.165) is 16.1 Å². The Bertz CT molecular complexity index is 1490. The molecule has 1 amide bonds. The minimum absolute atomic E-state index is 0.190. The molecule has 4 aromatic rings. The van der Waals surface area contributed by atoms with Gasteiger partial charge in [0, 0.05) is 18.3 Å². The Morgan fingerprint density at radius 2 is 1.92 bits per heavy atom. The van der Waals surface area contributed by atoms with Gasteiger partial charge in [-0.25, -0.2) is 23.7 Å². The Hall–Kier alpha value is -4.26. The van der Waals surface area contributed by atoms with Gasteiger partial charge >= 0.3 is 5.97 Å². The average Bonchev–Trinajstić information content (AvgIpc) is 3.22. The molecule has 5 rings (SSSR count). The number of hydrogen-bond acceptors (Lipinski definition) is 9. The number of alkyl halides is 2. The summed E-state index contributed by atoms with van der Waals surface area (Å²) in [6.45, 7) is 3.66. The molecule has 0 spiro atoms. The number of rotatable bonds is 8. The van der Waals surface area contributed by atoms with Gasteiger partial charge in [0.25, 0.3) is 5.92 Å². The lowest BCUT2D eigenvalue weighted by Gasteiger charge is -2.10. The third kappa shape index (κ3) is 4.65. The van der Waals surface area contributed by atoms with Crippen LogP contribution in [0.2, 0.25) is 0 Å². The van der Waals surface area contributed by atoms with E-state index in [-0.39, 0.29) is 5.69 Å². The molecule has 13 heteroatoms. The van der Waals surface area contributed by atoms with Crippen LogP contribution >= 0.6 is 11.3 Å². The molecule has 4 heterocycles. The molecule has 0 unspecified atom stereocenters. The molecule has 0 aliphatic heterocycles. The maximum absolute atomic E-state index is 13.7. The van der Waals surface area contributed by atoms with Crippen LogP contribution in [0, 0.1) is 25.7 Å². The van der Waals surface area contributed by atoms with Gasteiger partial charge in [-0.3, -0.25) is 9.59 Å². The quantitative estimate of drug-likeness (QED) is 0.305. The summed E-state index contributed by atoms with van der Waals surface area (Å²) in [5.41, 5.74) is 3.08. The van der Waals surface area contributed by atoms with Crippen molar-refractivity contribution in [1.29, 1.82) is 0 Å². The number of carboxylic acids is 1. The van der Waals surface area contributed by atoms with E-state index >= 15 is 0 Å². The normalized spacial score (nSPS) is 17.8. The number of aryl methyl sites for hydroxylation is 2. The minimum atomic E-state index is -3.58. The van der Waals surface area contributed by atoms with E-state index in [4.69, 9.17) is 9.63 Å². The van der Waals surface area contributed by atoms with Crippen molar-refractivity contribution in [3.05, 3.63) is 58.9 Å². The molecule has 10 nitrogen and oxygen atoms in total. The van der Waals surface area contributed by atoms with Crippen molar-refractivity contribution < 1.29 is 28.0 Å². The molecule has 1 saturated carbocycles. The molecule has 37 heavy (non-hydrogen) atoms. The zero-order chi connectivity index (χ0) is 26.3. The number of pyridine rings is 1. The van der Waals surface area contributed by atoms with Crippen LogP contribution in [0.25, 0.3) is 22.0 Å². The number of anilines is 2. The molecule has 1 aliphatic carbocycles. The average molecular weight is 527 g/mol. The number of amides is 1. The summed E-state index contributed by atoms with van der Waals surface area (Å²) in [7, 11) is 0. The van der Waals surface area contributed by atoms with E-state index in [9.17, 15) is 18.4 Å². The van der Waals surface area contributed by atoms with Crippen LogP contribution in [0.1, 0.15) is 17.0 Å². The molecule has 0 bridgehead atoms. The molecule has 4 aromatic heterocycles. The van der Waals surface area contributed by atoms with E-state index in [1.54, 1.807) is 37.4 Å². The standard InChI is InChI=1S/C24H20F2N6O4S/c1-11-13(10-28-23-27-8-7-15(31-23)17-4-3-9-37-17)20(36-32-11)16-6-5-14(12(2)29-16)30-21(33)18-19(22(34)35)24(18,25)26/h3-9,18-19H,10H2,1-2H3,(H,30,33)(H,34,35)(H,27,28,31)/t18-,19-/m0/s1. The van der Waals surface area contributed by atoms with Gasteiger partial charge in [-0.05, 0) is 43.5 Å². The second-order valence-electron chi connectivity index (χ2n) is 8.46. The minimum Gasteiger partial charge on any atom is -0.481 e. The predicted octanol–water partition coefficient (Wildman–Crippen LogP) is 4.39. The van der Waals surface area contributed by atoms with Gasteiger partial charge in [0.05, 0.1) is 27.6 Å². The van der Waals surface area contributed by atoms with Crippen molar-refractivity contribution in [2.75, 3.05) is 10.6 Å². The summed E-state index contributed by atoms with van der Waals surface area (Å²) in [6, 6.07) is 8.79. The van der Waals surface area contributed by atoms with Crippen molar-refractivity contribution >= 4 is 34.8 Å². The fourth-order valence-corrected chi connectivity index (χ4v) is 4.66. The summed E-state index contributed by atoms with van der Waals surface area (Å²) in [6.07, 6.45) is 1.67. The highest BCUT2D eigenvalue weighted by Crippen LogP contribution is 2.55. The van der Waals surface area contributed by atoms with Crippen molar-refractivity contribution in [2.45, 2.75) is 26.3 Å². The Morgan fingerprint density at radius 3 is 2.59 bits per heavy atom. The Labute approximate surface area is 212 Å². The van der Waals surface area contributed by atoms with Crippen LogP contribution in [0.15, 0.2) is 46.4 Å². The molecule has 1 fully saturated rings. The lowest BCUT2D eigenvalue weighted by atomic mass is 10.1. The van der Waals surface area contributed by atoms with Gasteiger partial charge in [-0.1, -0.05) is 11.2 Å². The van der Waals surface area contributed by atoms with Crippen LogP contribution in [-0.4, -0.2) is 43.0 Å². The van der Waals surface area contributed by atoms with Crippen molar-refractivity contribution in [3.63, 3.8) is 0 Å². The van der Waals surface area contributed by atoms with Crippen molar-refractivity contribution in [3.8, 4) is 22.0 Å². The van der Waals surface area contributed by atoms with E-state index in [1.165, 1.54) is 6.07 Å². The predicted molar refractivity (Wildman–Crippen MR) is 130 cm³/mol. The number of thiophene rings is 1. The first kappa shape index (κ1) is 24.4. The van der Waals surface area contributed by atoms with E-state index in [2.05, 4.69) is 30.7 Å². The largest absolute Gasteiger partial charge is 0.481 e. The fourth-order valence-electron chi connectivity index (χ4n) is 3.96. The number of carbonyl (C=O) groups excluding carboxylic acids is 1. The lowest BCUT2D eigenvalue weighted by Crippen LogP contribution is -2.19. The summed E-state index contributed by atoms with van der Waals surface area (Å²) >= 11 is 1.57. The fraction of sp³-hybridized carbons (Fsp3) is 0.250. The van der Waals surface area contributed by atoms with Gasteiger partial charge in [-0.2, -0.15) is 0 Å². The molecule has 0 radical (unpaired) electrons. The highest BCUT2D eigenvalue weighted by atomic mass is 32.1. The number of aromatic nitrogens is 4. The van der Waals surface area contributed by atoms with Crippen LogP contribution in [0.3, 0.4) is 0 Å². The maximum Gasteiger partial charge on any atom is 0.313 e. The van der Waals surface area contributed by atoms with Crippen LogP contribution in [0.4, 0.5) is 20.4 Å². The first-order chi connectivity index (χ1) is 17.7. The van der Waals surface area contributed by atoms with Gasteiger partial charge in [-0.15, -0.1) is 11.3 Å². The Kier molecular flexibility index (Phi) is 6.15. The smallest absolute Gasteiger partial charge is 0.313 e. The second-order valence-corrected chi connectivity index (χ2v) is 9.41. The summed E-state index contributed by atoms with van der Waals surface area (Å²) in [5, 5.41) is 20.4. The molecular weight excluding hydrogens is 506 g/mol. The number of nitrogens with one attached hydrogen (secondary N) is 2. The van der Waals surface area contributed by atoms with Gasteiger partial charge in [0.1, 0.15) is 17.5 Å². The Balaban J connectivity index is 1.31. The van der Waals surface area contributed by atoms with Crippen LogP contribution in [-0.2, 0) is 16.1 Å². The number of hydrogen-bond donors (Lipinski definition) is 3. The number of carboxylic acid groups (broad SMARTS) is 1. The number of aliphatic carboxylic acids is 1. The third-order valence-corrected chi connectivity index (χ3v) is 6.91. The molecule has 190 valence electrons. The van der Waals surface area contributed by atoms with Crippen molar-refractivity contribution in [1.82, 2.24) is 20.1 Å². The SMILES string of the molecule is Cc1nc(-c2onc(C)c2CNc2nccc(-c3cccs3)n2)ccc1NC(=O)[C@@H]1[C@@H](C(=O)O)C1(F)F. The summed E-state index contributed by atoms with van der Waals surface area (Å²) in [5.74, 6) is -9.48. The van der Waals surface area contributed by atoms with E-state index in [0.29, 0.717) is 35.3 Å².